The van der Waals surface area contributed by atoms with Gasteiger partial charge in [-0.05, 0) is 155 Å². The van der Waals surface area contributed by atoms with Gasteiger partial charge in [0.05, 0.1) is 11.0 Å². The summed E-state index contributed by atoms with van der Waals surface area (Å²) < 4.78 is 5.19. The molecule has 1 nitrogen and oxygen atoms in total. The van der Waals surface area contributed by atoms with E-state index in [0.29, 0.717) is 5.92 Å². The molecule has 2 aromatic heterocycles. The number of benzene rings is 8. The van der Waals surface area contributed by atoms with Gasteiger partial charge in [0.1, 0.15) is 0 Å². The number of nitrogens with zero attached hydrogens (tertiary/aromatic N) is 1. The van der Waals surface area contributed by atoms with E-state index in [9.17, 15) is 0 Å². The van der Waals surface area contributed by atoms with Gasteiger partial charge in [0.2, 0.25) is 0 Å². The highest BCUT2D eigenvalue weighted by Gasteiger charge is 2.26. The third-order valence-corrected chi connectivity index (χ3v) is 14.1. The van der Waals surface area contributed by atoms with Crippen molar-refractivity contribution in [2.45, 2.75) is 48.0 Å². The van der Waals surface area contributed by atoms with Crippen molar-refractivity contribution < 1.29 is 0 Å². The molecule has 2 heteroatoms. The van der Waals surface area contributed by atoms with Crippen LogP contribution in [0.15, 0.2) is 157 Å². The summed E-state index contributed by atoms with van der Waals surface area (Å²) in [6.45, 7) is 13.8. The Morgan fingerprint density at radius 2 is 1.17 bits per heavy atom. The second kappa shape index (κ2) is 13.2. The molecule has 0 aliphatic heterocycles. The molecule has 8 aromatic carbocycles. The maximum atomic E-state index is 2.51. The Morgan fingerprint density at radius 1 is 0.517 bits per heavy atom. The average Bonchev–Trinajstić information content (AvgIpc) is 3.76. The summed E-state index contributed by atoms with van der Waals surface area (Å²) in [5.41, 5.74) is 18.5. The molecule has 0 N–H and O–H groups in total. The molecule has 0 amide bonds. The first kappa shape index (κ1) is 35.0. The summed E-state index contributed by atoms with van der Waals surface area (Å²) >= 11 is 1.90. The van der Waals surface area contributed by atoms with Crippen LogP contribution in [0.3, 0.4) is 0 Å². The summed E-state index contributed by atoms with van der Waals surface area (Å²) in [6, 6.07) is 52.8. The molecule has 0 spiro atoms. The van der Waals surface area contributed by atoms with Crippen LogP contribution >= 0.6 is 11.3 Å². The second-order valence-corrected chi connectivity index (χ2v) is 17.9. The van der Waals surface area contributed by atoms with Crippen LogP contribution in [0.1, 0.15) is 49.4 Å². The van der Waals surface area contributed by atoms with Crippen LogP contribution in [-0.4, -0.2) is 4.57 Å². The number of hydrogen-bond acceptors (Lipinski definition) is 1. The van der Waals surface area contributed by atoms with Crippen LogP contribution in [0.5, 0.6) is 0 Å². The van der Waals surface area contributed by atoms with E-state index >= 15 is 0 Å². The van der Waals surface area contributed by atoms with Gasteiger partial charge in [-0.2, -0.15) is 0 Å². The Kier molecular flexibility index (Phi) is 7.94. The number of fused-ring (bicyclic) bond motifs is 8. The number of hydrogen-bond donors (Lipinski definition) is 0. The SMILES string of the molecule is CC1=CC(C)=C(c2c3ccccc3c(-c3c(C)cc(C)cc3C)c3ccc(-n4c5ccccc5c5cc(-c6cccc7c6sc6ccccc67)ccc54)cc23)C(C)C1. The second-order valence-electron chi connectivity index (χ2n) is 16.9. The minimum atomic E-state index is 0.408. The van der Waals surface area contributed by atoms with Crippen molar-refractivity contribution in [3.63, 3.8) is 0 Å². The number of thiophene rings is 1. The van der Waals surface area contributed by atoms with Crippen LogP contribution in [0.25, 0.3) is 97.0 Å². The summed E-state index contributed by atoms with van der Waals surface area (Å²) in [5, 5.41) is 10.5. The van der Waals surface area contributed by atoms with Crippen LogP contribution in [0.2, 0.25) is 0 Å². The molecule has 58 heavy (non-hydrogen) atoms. The molecule has 11 rings (SSSR count). The van der Waals surface area contributed by atoms with Gasteiger partial charge < -0.3 is 4.57 Å². The topological polar surface area (TPSA) is 4.93 Å². The third-order valence-electron chi connectivity index (χ3n) is 12.9. The highest BCUT2D eigenvalue weighted by Crippen LogP contribution is 2.49. The zero-order chi connectivity index (χ0) is 39.4. The van der Waals surface area contributed by atoms with Gasteiger partial charge in [0, 0.05) is 36.6 Å². The number of para-hydroxylation sites is 1. The zero-order valence-electron chi connectivity index (χ0n) is 34.0. The van der Waals surface area contributed by atoms with Gasteiger partial charge in [0.15, 0.2) is 0 Å². The van der Waals surface area contributed by atoms with E-state index in [0.717, 1.165) is 6.42 Å². The van der Waals surface area contributed by atoms with E-state index in [2.05, 4.69) is 192 Å². The van der Waals surface area contributed by atoms with Crippen LogP contribution < -0.4 is 0 Å². The number of rotatable bonds is 4. The molecule has 0 bridgehead atoms. The van der Waals surface area contributed by atoms with E-state index in [1.165, 1.54) is 130 Å². The highest BCUT2D eigenvalue weighted by atomic mass is 32.1. The maximum absolute atomic E-state index is 2.51. The molecular weight excluding hydrogens is 719 g/mol. The van der Waals surface area contributed by atoms with Gasteiger partial charge in [-0.25, -0.2) is 0 Å². The lowest BCUT2D eigenvalue weighted by Gasteiger charge is -2.28. The molecule has 1 aliphatic carbocycles. The predicted octanol–water partition coefficient (Wildman–Crippen LogP) is 16.5. The third kappa shape index (κ3) is 5.21. The summed E-state index contributed by atoms with van der Waals surface area (Å²) in [4.78, 5) is 0. The summed E-state index contributed by atoms with van der Waals surface area (Å²) in [5.74, 6) is 0.408. The molecule has 1 aliphatic rings. The standard InChI is InChI=1S/C56H45NS/c1-32-26-34(3)52(35(4)27-32)54-43-16-7-8-17-44(43)55(53-36(5)28-33(2)29-37(53)6)48-31-39(23-24-45(48)54)57-49-20-11-9-14-41(49)47-30-38(22-25-50(47)57)40-18-13-19-46-42-15-10-12-21-51(42)58-56(40)46/h7-28,30-31,37H,29H2,1-6H3. The Balaban J connectivity index is 1.21. The van der Waals surface area contributed by atoms with Crippen molar-refractivity contribution in [3.8, 4) is 27.9 Å². The molecule has 1 atom stereocenters. The molecule has 1 unspecified atom stereocenters. The monoisotopic (exact) mass is 763 g/mol. The lowest BCUT2D eigenvalue weighted by atomic mass is 9.76. The van der Waals surface area contributed by atoms with Crippen LogP contribution in [0, 0.1) is 26.7 Å². The molecule has 280 valence electrons. The molecular formula is C56H45NS. The number of aryl methyl sites for hydroxylation is 3. The minimum Gasteiger partial charge on any atom is -0.309 e. The smallest absolute Gasteiger partial charge is 0.0541 e. The Bertz CT molecular complexity index is 3410. The molecule has 0 fully saturated rings. The van der Waals surface area contributed by atoms with Crippen molar-refractivity contribution in [2.24, 2.45) is 5.92 Å². The lowest BCUT2D eigenvalue weighted by molar-refractivity contribution is 0.723. The van der Waals surface area contributed by atoms with Crippen molar-refractivity contribution in [1.29, 1.82) is 0 Å². The van der Waals surface area contributed by atoms with Crippen molar-refractivity contribution in [2.75, 3.05) is 0 Å². The Morgan fingerprint density at radius 3 is 1.95 bits per heavy atom. The summed E-state index contributed by atoms with van der Waals surface area (Å²) in [6.07, 6.45) is 3.50. The van der Waals surface area contributed by atoms with Crippen molar-refractivity contribution in [3.05, 3.63) is 179 Å². The normalized spacial score (nSPS) is 14.9. The first-order chi connectivity index (χ1) is 28.2. The first-order valence-electron chi connectivity index (χ1n) is 20.6. The average molecular weight is 764 g/mol. The Hall–Kier alpha value is -6.22. The molecule has 0 saturated carbocycles. The number of allylic oxidation sites excluding steroid dienone is 4. The van der Waals surface area contributed by atoms with E-state index in [1.54, 1.807) is 0 Å². The molecule has 0 radical (unpaired) electrons. The van der Waals surface area contributed by atoms with Crippen molar-refractivity contribution in [1.82, 2.24) is 4.57 Å². The van der Waals surface area contributed by atoms with Gasteiger partial charge in [-0.15, -0.1) is 11.3 Å². The Labute approximate surface area is 344 Å². The van der Waals surface area contributed by atoms with Crippen LogP contribution in [-0.2, 0) is 0 Å². The predicted molar refractivity (Wildman–Crippen MR) is 254 cm³/mol. The van der Waals surface area contributed by atoms with E-state index in [4.69, 9.17) is 0 Å². The fourth-order valence-electron chi connectivity index (χ4n) is 10.8. The molecule has 0 saturated heterocycles. The van der Waals surface area contributed by atoms with Gasteiger partial charge in [-0.3, -0.25) is 0 Å². The minimum absolute atomic E-state index is 0.408. The lowest BCUT2D eigenvalue weighted by Crippen LogP contribution is -2.08. The van der Waals surface area contributed by atoms with Gasteiger partial charge in [-0.1, -0.05) is 127 Å². The first-order valence-corrected chi connectivity index (χ1v) is 21.5. The largest absolute Gasteiger partial charge is 0.309 e. The fraction of sp³-hybridized carbons (Fsp3) is 0.143. The fourth-order valence-corrected chi connectivity index (χ4v) is 12.0. The van der Waals surface area contributed by atoms with E-state index in [1.807, 2.05) is 11.3 Å². The molecule has 10 aromatic rings. The van der Waals surface area contributed by atoms with Gasteiger partial charge in [0.25, 0.3) is 0 Å². The highest BCUT2D eigenvalue weighted by molar-refractivity contribution is 7.26. The zero-order valence-corrected chi connectivity index (χ0v) is 34.8. The summed E-state index contributed by atoms with van der Waals surface area (Å²) in [7, 11) is 0. The van der Waals surface area contributed by atoms with E-state index in [-0.39, 0.29) is 0 Å². The van der Waals surface area contributed by atoms with Crippen molar-refractivity contribution >= 4 is 80.4 Å². The van der Waals surface area contributed by atoms with E-state index < -0.39 is 0 Å². The number of aromatic nitrogens is 1. The maximum Gasteiger partial charge on any atom is 0.0541 e. The van der Waals surface area contributed by atoms with Crippen LogP contribution in [0.4, 0.5) is 0 Å². The molecule has 2 heterocycles. The quantitative estimate of drug-likeness (QED) is 0.157. The van der Waals surface area contributed by atoms with Gasteiger partial charge >= 0.3 is 0 Å².